The summed E-state index contributed by atoms with van der Waals surface area (Å²) in [5, 5.41) is 5.58. The highest BCUT2D eigenvalue weighted by Gasteiger charge is 2.11. The molecule has 4 rings (SSSR count). The number of hydrogen-bond acceptors (Lipinski definition) is 0. The van der Waals surface area contributed by atoms with E-state index in [2.05, 4.69) is 61.5 Å². The summed E-state index contributed by atoms with van der Waals surface area (Å²) >= 11 is 0. The molecule has 0 unspecified atom stereocenters. The molecular formula is C20H20. The second-order valence-corrected chi connectivity index (χ2v) is 5.08. The predicted octanol–water partition coefficient (Wildman–Crippen LogP) is 5.90. The van der Waals surface area contributed by atoms with E-state index in [-0.39, 0.29) is 0 Å². The normalized spacial score (nSPS) is 12.3. The minimum absolute atomic E-state index is 1.04. The van der Waals surface area contributed by atoms with Gasteiger partial charge in [-0.25, -0.2) is 0 Å². The largest absolute Gasteiger partial charge is 0.0795 e. The van der Waals surface area contributed by atoms with E-state index in [9.17, 15) is 0 Å². The lowest BCUT2D eigenvalue weighted by molar-refractivity contribution is 1.26. The van der Waals surface area contributed by atoms with E-state index in [1.165, 1.54) is 38.2 Å². The summed E-state index contributed by atoms with van der Waals surface area (Å²) in [6.07, 6.45) is 5.59. The van der Waals surface area contributed by atoms with Crippen LogP contribution < -0.4 is 0 Å². The lowest BCUT2D eigenvalue weighted by atomic mass is 9.93. The molecule has 0 saturated heterocycles. The van der Waals surface area contributed by atoms with E-state index in [0.29, 0.717) is 0 Å². The van der Waals surface area contributed by atoms with Gasteiger partial charge >= 0.3 is 0 Å². The molecule has 0 spiro atoms. The Labute approximate surface area is 120 Å². The maximum atomic E-state index is 2.29. The van der Waals surface area contributed by atoms with Crippen molar-refractivity contribution >= 4 is 27.6 Å². The third-order valence-corrected chi connectivity index (χ3v) is 4.02. The van der Waals surface area contributed by atoms with Crippen LogP contribution >= 0.6 is 0 Å². The van der Waals surface area contributed by atoms with Crippen molar-refractivity contribution in [3.05, 3.63) is 65.2 Å². The Morgan fingerprint density at radius 3 is 2.30 bits per heavy atom. The standard InChI is InChI=1S/C18H14.C2H6/c1-12-8-9-15-11-10-14-5-2-4-13-6-3-7-16(12)18(15)17(13)14;1-2/h2-6,8-11H,7H2,1H3;1-2H3. The Morgan fingerprint density at radius 1 is 0.800 bits per heavy atom. The molecule has 0 saturated carbocycles. The van der Waals surface area contributed by atoms with Gasteiger partial charge in [-0.3, -0.25) is 0 Å². The van der Waals surface area contributed by atoms with Crippen LogP contribution in [0.1, 0.15) is 30.5 Å². The van der Waals surface area contributed by atoms with Crippen LogP contribution in [-0.4, -0.2) is 0 Å². The molecule has 1 aliphatic carbocycles. The topological polar surface area (TPSA) is 0 Å². The van der Waals surface area contributed by atoms with Crippen LogP contribution in [0.5, 0.6) is 0 Å². The van der Waals surface area contributed by atoms with Crippen molar-refractivity contribution in [3.8, 4) is 0 Å². The molecule has 3 aromatic rings. The maximum Gasteiger partial charge on any atom is -0.00300 e. The quantitative estimate of drug-likeness (QED) is 0.442. The van der Waals surface area contributed by atoms with Gasteiger partial charge in [0.1, 0.15) is 0 Å². The van der Waals surface area contributed by atoms with Gasteiger partial charge < -0.3 is 0 Å². The van der Waals surface area contributed by atoms with Crippen molar-refractivity contribution in [1.82, 2.24) is 0 Å². The first kappa shape index (κ1) is 12.9. The summed E-state index contributed by atoms with van der Waals surface area (Å²) < 4.78 is 0. The Balaban J connectivity index is 0.000000581. The molecule has 100 valence electrons. The van der Waals surface area contributed by atoms with Crippen molar-refractivity contribution in [2.24, 2.45) is 0 Å². The summed E-state index contributed by atoms with van der Waals surface area (Å²) in [6, 6.07) is 15.5. The van der Waals surface area contributed by atoms with E-state index in [1.807, 2.05) is 13.8 Å². The SMILES string of the molecule is CC.Cc1ccc2ccc3cccc4c3c2c1CC=C4. The zero-order valence-corrected chi connectivity index (χ0v) is 12.4. The number of aryl methyl sites for hydroxylation is 1. The van der Waals surface area contributed by atoms with E-state index in [4.69, 9.17) is 0 Å². The molecule has 1 aliphatic rings. The summed E-state index contributed by atoms with van der Waals surface area (Å²) in [7, 11) is 0. The smallest absolute Gasteiger partial charge is 0.00300 e. The lowest BCUT2D eigenvalue weighted by Crippen LogP contribution is -1.90. The predicted molar refractivity (Wildman–Crippen MR) is 90.3 cm³/mol. The molecule has 0 fully saturated rings. The zero-order chi connectivity index (χ0) is 14.1. The molecule has 0 atom stereocenters. The second-order valence-electron chi connectivity index (χ2n) is 5.08. The summed E-state index contributed by atoms with van der Waals surface area (Å²) in [5.74, 6) is 0. The number of allylic oxidation sites excluding steroid dienone is 1. The molecule has 0 aliphatic heterocycles. The van der Waals surface area contributed by atoms with Crippen LogP contribution in [-0.2, 0) is 6.42 Å². The average Bonchev–Trinajstić information content (AvgIpc) is 2.70. The highest BCUT2D eigenvalue weighted by molar-refractivity contribution is 6.13. The van der Waals surface area contributed by atoms with Gasteiger partial charge in [-0.1, -0.05) is 68.5 Å². The van der Waals surface area contributed by atoms with E-state index >= 15 is 0 Å². The Bertz CT molecular complexity index is 807. The Kier molecular flexibility index (Phi) is 3.31. The molecule has 0 radical (unpaired) electrons. The average molecular weight is 260 g/mol. The summed E-state index contributed by atoms with van der Waals surface area (Å²) in [4.78, 5) is 0. The molecule has 0 amide bonds. The van der Waals surface area contributed by atoms with Crippen molar-refractivity contribution in [1.29, 1.82) is 0 Å². The number of rotatable bonds is 0. The van der Waals surface area contributed by atoms with Crippen LogP contribution in [0.15, 0.2) is 48.5 Å². The molecule has 0 heteroatoms. The summed E-state index contributed by atoms with van der Waals surface area (Å²) in [5.41, 5.74) is 4.23. The van der Waals surface area contributed by atoms with Gasteiger partial charge in [0.05, 0.1) is 0 Å². The van der Waals surface area contributed by atoms with Crippen molar-refractivity contribution < 1.29 is 0 Å². The Hall–Kier alpha value is -2.08. The van der Waals surface area contributed by atoms with Crippen molar-refractivity contribution in [2.75, 3.05) is 0 Å². The van der Waals surface area contributed by atoms with Gasteiger partial charge in [0.25, 0.3) is 0 Å². The molecule has 0 nitrogen and oxygen atoms in total. The molecule has 0 heterocycles. The third kappa shape index (κ3) is 1.84. The molecule has 0 N–H and O–H groups in total. The first-order chi connectivity index (χ1) is 9.84. The minimum Gasteiger partial charge on any atom is -0.0795 e. The minimum atomic E-state index is 1.04. The van der Waals surface area contributed by atoms with Gasteiger partial charge in [-0.2, -0.15) is 0 Å². The van der Waals surface area contributed by atoms with E-state index < -0.39 is 0 Å². The van der Waals surface area contributed by atoms with E-state index in [0.717, 1.165) is 6.42 Å². The molecule has 3 aromatic carbocycles. The van der Waals surface area contributed by atoms with Crippen LogP contribution in [0.2, 0.25) is 0 Å². The molecule has 20 heavy (non-hydrogen) atoms. The molecule has 0 aromatic heterocycles. The first-order valence-electron chi connectivity index (χ1n) is 7.45. The fraction of sp³-hybridized carbons (Fsp3) is 0.200. The second kappa shape index (κ2) is 5.13. The van der Waals surface area contributed by atoms with Gasteiger partial charge in [0.15, 0.2) is 0 Å². The fourth-order valence-electron chi connectivity index (χ4n) is 3.11. The maximum absolute atomic E-state index is 2.29. The van der Waals surface area contributed by atoms with Crippen LogP contribution in [0.3, 0.4) is 0 Å². The van der Waals surface area contributed by atoms with Crippen LogP contribution in [0.4, 0.5) is 0 Å². The monoisotopic (exact) mass is 260 g/mol. The lowest BCUT2D eigenvalue weighted by Gasteiger charge is -2.11. The number of hydrogen-bond donors (Lipinski definition) is 0. The van der Waals surface area contributed by atoms with Crippen molar-refractivity contribution in [3.63, 3.8) is 0 Å². The van der Waals surface area contributed by atoms with Crippen LogP contribution in [0.25, 0.3) is 27.6 Å². The molecule has 0 bridgehead atoms. The zero-order valence-electron chi connectivity index (χ0n) is 12.4. The fourth-order valence-corrected chi connectivity index (χ4v) is 3.11. The highest BCUT2D eigenvalue weighted by atomic mass is 14.2. The van der Waals surface area contributed by atoms with Gasteiger partial charge in [0, 0.05) is 0 Å². The third-order valence-electron chi connectivity index (χ3n) is 4.02. The highest BCUT2D eigenvalue weighted by Crippen LogP contribution is 2.35. The van der Waals surface area contributed by atoms with Crippen LogP contribution in [0, 0.1) is 6.92 Å². The van der Waals surface area contributed by atoms with Crippen molar-refractivity contribution in [2.45, 2.75) is 27.2 Å². The summed E-state index contributed by atoms with van der Waals surface area (Å²) in [6.45, 7) is 6.22. The first-order valence-corrected chi connectivity index (χ1v) is 7.45. The van der Waals surface area contributed by atoms with E-state index in [1.54, 1.807) is 0 Å². The molecular weight excluding hydrogens is 240 g/mol. The van der Waals surface area contributed by atoms with Gasteiger partial charge in [-0.05, 0) is 51.6 Å². The van der Waals surface area contributed by atoms with Gasteiger partial charge in [-0.15, -0.1) is 0 Å². The Morgan fingerprint density at radius 2 is 1.50 bits per heavy atom. The van der Waals surface area contributed by atoms with Gasteiger partial charge in [0.2, 0.25) is 0 Å². The number of benzene rings is 3.